The van der Waals surface area contributed by atoms with E-state index in [0.717, 1.165) is 24.9 Å². The fourth-order valence-corrected chi connectivity index (χ4v) is 2.56. The van der Waals surface area contributed by atoms with Crippen molar-refractivity contribution in [3.05, 3.63) is 71.5 Å². The molecule has 112 valence electrons. The highest BCUT2D eigenvalue weighted by Crippen LogP contribution is 2.19. The molecule has 21 heavy (non-hydrogen) atoms. The first-order valence-electron chi connectivity index (χ1n) is 7.82. The Morgan fingerprint density at radius 3 is 2.57 bits per heavy atom. The lowest BCUT2D eigenvalue weighted by Crippen LogP contribution is -2.23. The summed E-state index contributed by atoms with van der Waals surface area (Å²) in [6.45, 7) is 3.08. The van der Waals surface area contributed by atoms with E-state index >= 15 is 0 Å². The van der Waals surface area contributed by atoms with Crippen molar-refractivity contribution in [3.63, 3.8) is 0 Å². The molecular weight excluding hydrogens is 261 g/mol. The van der Waals surface area contributed by atoms with E-state index in [0.29, 0.717) is 6.04 Å². The lowest BCUT2D eigenvalue weighted by molar-refractivity contribution is 0.484. The van der Waals surface area contributed by atoms with E-state index in [9.17, 15) is 4.39 Å². The van der Waals surface area contributed by atoms with Crippen molar-refractivity contribution in [2.45, 2.75) is 38.6 Å². The molecule has 0 saturated heterocycles. The smallest absolute Gasteiger partial charge is 0.123 e. The average molecular weight is 285 g/mol. The molecule has 0 aliphatic heterocycles. The van der Waals surface area contributed by atoms with Crippen LogP contribution in [-0.2, 0) is 6.42 Å². The van der Waals surface area contributed by atoms with Crippen molar-refractivity contribution in [1.29, 1.82) is 0 Å². The van der Waals surface area contributed by atoms with E-state index in [2.05, 4.69) is 36.5 Å². The third-order valence-corrected chi connectivity index (χ3v) is 3.74. The molecule has 0 aliphatic rings. The molecule has 0 amide bonds. The van der Waals surface area contributed by atoms with Crippen molar-refractivity contribution in [1.82, 2.24) is 5.32 Å². The van der Waals surface area contributed by atoms with Gasteiger partial charge in [-0.2, -0.15) is 0 Å². The lowest BCUT2D eigenvalue weighted by atomic mass is 10.0. The van der Waals surface area contributed by atoms with Crippen LogP contribution < -0.4 is 5.32 Å². The van der Waals surface area contributed by atoms with Crippen molar-refractivity contribution in [2.24, 2.45) is 0 Å². The van der Waals surface area contributed by atoms with Gasteiger partial charge < -0.3 is 5.32 Å². The zero-order valence-corrected chi connectivity index (χ0v) is 12.7. The van der Waals surface area contributed by atoms with Crippen LogP contribution in [0, 0.1) is 5.82 Å². The summed E-state index contributed by atoms with van der Waals surface area (Å²) < 4.78 is 13.2. The van der Waals surface area contributed by atoms with Crippen LogP contribution in [0.2, 0.25) is 0 Å². The van der Waals surface area contributed by atoms with Crippen LogP contribution in [0.1, 0.15) is 43.4 Å². The first kappa shape index (κ1) is 15.7. The molecule has 0 aliphatic carbocycles. The summed E-state index contributed by atoms with van der Waals surface area (Å²) in [5, 5.41) is 3.62. The molecule has 0 bridgehead atoms. The average Bonchev–Trinajstić information content (AvgIpc) is 2.51. The Morgan fingerprint density at radius 2 is 1.86 bits per heavy atom. The summed E-state index contributed by atoms with van der Waals surface area (Å²) >= 11 is 0. The van der Waals surface area contributed by atoms with Gasteiger partial charge in [-0.1, -0.05) is 62.2 Å². The quantitative estimate of drug-likeness (QED) is 0.728. The van der Waals surface area contributed by atoms with E-state index in [1.54, 1.807) is 12.1 Å². The molecule has 0 radical (unpaired) electrons. The molecular formula is C19H24FN. The summed E-state index contributed by atoms with van der Waals surface area (Å²) in [5.41, 5.74) is 2.38. The van der Waals surface area contributed by atoms with Crippen molar-refractivity contribution < 1.29 is 4.39 Å². The molecule has 2 aromatic carbocycles. The number of hydrogen-bond acceptors (Lipinski definition) is 1. The van der Waals surface area contributed by atoms with Crippen molar-refractivity contribution in [2.75, 3.05) is 6.54 Å². The first-order valence-corrected chi connectivity index (χ1v) is 7.82. The highest BCUT2D eigenvalue weighted by Gasteiger charge is 2.09. The second kappa shape index (κ2) is 8.58. The van der Waals surface area contributed by atoms with E-state index in [-0.39, 0.29) is 5.82 Å². The van der Waals surface area contributed by atoms with Crippen LogP contribution in [0.25, 0.3) is 0 Å². The number of rotatable bonds is 8. The predicted molar refractivity (Wildman–Crippen MR) is 86.8 cm³/mol. The maximum absolute atomic E-state index is 13.2. The van der Waals surface area contributed by atoms with Gasteiger partial charge in [-0.25, -0.2) is 4.39 Å². The zero-order chi connectivity index (χ0) is 14.9. The van der Waals surface area contributed by atoms with E-state index in [1.807, 2.05) is 12.1 Å². The molecule has 2 aromatic rings. The van der Waals surface area contributed by atoms with Crippen LogP contribution in [-0.4, -0.2) is 6.54 Å². The minimum absolute atomic E-state index is 0.155. The van der Waals surface area contributed by atoms with Crippen LogP contribution in [0.15, 0.2) is 54.6 Å². The molecule has 1 atom stereocenters. The minimum Gasteiger partial charge on any atom is -0.310 e. The van der Waals surface area contributed by atoms with Gasteiger partial charge in [0.1, 0.15) is 5.82 Å². The second-order valence-corrected chi connectivity index (χ2v) is 5.44. The van der Waals surface area contributed by atoms with Crippen molar-refractivity contribution >= 4 is 0 Å². The predicted octanol–water partition coefficient (Wildman–Crippen LogP) is 4.89. The van der Waals surface area contributed by atoms with Gasteiger partial charge in [0.05, 0.1) is 0 Å². The maximum atomic E-state index is 13.2. The van der Waals surface area contributed by atoms with E-state index in [4.69, 9.17) is 0 Å². The summed E-state index contributed by atoms with van der Waals surface area (Å²) in [5.74, 6) is -0.155. The molecule has 0 aromatic heterocycles. The van der Waals surface area contributed by atoms with E-state index < -0.39 is 0 Å². The van der Waals surface area contributed by atoms with Crippen LogP contribution >= 0.6 is 0 Å². The fraction of sp³-hybridized carbons (Fsp3) is 0.368. The molecule has 2 heteroatoms. The SMILES string of the molecule is CCCCC(NCCc1cccc(F)c1)c1ccccc1. The van der Waals surface area contributed by atoms with Gasteiger partial charge in [0.25, 0.3) is 0 Å². The summed E-state index contributed by atoms with van der Waals surface area (Å²) in [4.78, 5) is 0. The number of benzene rings is 2. The van der Waals surface area contributed by atoms with Crippen LogP contribution in [0.4, 0.5) is 4.39 Å². The molecule has 1 nitrogen and oxygen atoms in total. The molecule has 2 rings (SSSR count). The van der Waals surface area contributed by atoms with Crippen LogP contribution in [0.3, 0.4) is 0 Å². The monoisotopic (exact) mass is 285 g/mol. The molecule has 1 unspecified atom stereocenters. The molecule has 0 heterocycles. The van der Waals surface area contributed by atoms with Crippen molar-refractivity contribution in [3.8, 4) is 0 Å². The second-order valence-electron chi connectivity index (χ2n) is 5.44. The minimum atomic E-state index is -0.155. The Morgan fingerprint density at radius 1 is 1.05 bits per heavy atom. The van der Waals surface area contributed by atoms with Gasteiger partial charge in [0, 0.05) is 6.04 Å². The number of unbranched alkanes of at least 4 members (excludes halogenated alkanes) is 1. The third-order valence-electron chi connectivity index (χ3n) is 3.74. The molecule has 0 spiro atoms. The van der Waals surface area contributed by atoms with Gasteiger partial charge in [-0.3, -0.25) is 0 Å². The lowest BCUT2D eigenvalue weighted by Gasteiger charge is -2.19. The number of halogens is 1. The Labute approximate surface area is 127 Å². The van der Waals surface area contributed by atoms with Gasteiger partial charge in [-0.15, -0.1) is 0 Å². The normalized spacial score (nSPS) is 12.3. The number of nitrogens with one attached hydrogen (secondary N) is 1. The van der Waals surface area contributed by atoms with Gasteiger partial charge in [0.15, 0.2) is 0 Å². The molecule has 1 N–H and O–H groups in total. The number of hydrogen-bond donors (Lipinski definition) is 1. The molecule has 0 fully saturated rings. The van der Waals surface area contributed by atoms with Gasteiger partial charge in [-0.05, 0) is 42.6 Å². The zero-order valence-electron chi connectivity index (χ0n) is 12.7. The largest absolute Gasteiger partial charge is 0.310 e. The summed E-state index contributed by atoms with van der Waals surface area (Å²) in [7, 11) is 0. The Kier molecular flexibility index (Phi) is 6.42. The summed E-state index contributed by atoms with van der Waals surface area (Å²) in [6, 6.07) is 17.8. The Balaban J connectivity index is 1.90. The highest BCUT2D eigenvalue weighted by atomic mass is 19.1. The van der Waals surface area contributed by atoms with Crippen LogP contribution in [0.5, 0.6) is 0 Å². The highest BCUT2D eigenvalue weighted by molar-refractivity contribution is 5.19. The first-order chi connectivity index (χ1) is 10.3. The topological polar surface area (TPSA) is 12.0 Å². The Hall–Kier alpha value is -1.67. The third kappa shape index (κ3) is 5.31. The Bertz CT molecular complexity index is 524. The maximum Gasteiger partial charge on any atom is 0.123 e. The standard InChI is InChI=1S/C19H24FN/c1-2-3-12-19(17-9-5-4-6-10-17)21-14-13-16-8-7-11-18(20)15-16/h4-11,15,19,21H,2-3,12-14H2,1H3. The van der Waals surface area contributed by atoms with Gasteiger partial charge in [0.2, 0.25) is 0 Å². The summed E-state index contributed by atoms with van der Waals surface area (Å²) in [6.07, 6.45) is 4.41. The van der Waals surface area contributed by atoms with Gasteiger partial charge >= 0.3 is 0 Å². The molecule has 0 saturated carbocycles. The van der Waals surface area contributed by atoms with E-state index in [1.165, 1.54) is 24.5 Å². The fourth-order valence-electron chi connectivity index (χ4n) is 2.56.